The number of benzene rings is 5. The minimum Gasteiger partial charge on any atom is -0.256 e. The van der Waals surface area contributed by atoms with Crippen molar-refractivity contribution in [3.63, 3.8) is 0 Å². The maximum Gasteiger partial charge on any atom is 0.0731 e. The highest BCUT2D eigenvalue weighted by atomic mass is 14.7. The van der Waals surface area contributed by atoms with E-state index in [9.17, 15) is 0 Å². The molecule has 6 aromatic rings. The van der Waals surface area contributed by atoms with Crippen LogP contribution in [0.4, 0.5) is 0 Å². The summed E-state index contributed by atoms with van der Waals surface area (Å²) in [5.41, 5.74) is 11.8. The van der Waals surface area contributed by atoms with Gasteiger partial charge in [-0.05, 0) is 93.1 Å². The molecule has 0 bridgehead atoms. The number of allylic oxidation sites excluding steroid dienone is 1. The Morgan fingerprint density at radius 3 is 2.15 bits per heavy atom. The van der Waals surface area contributed by atoms with Crippen LogP contribution in [0, 0.1) is 13.8 Å². The molecule has 1 heteroatoms. The van der Waals surface area contributed by atoms with Gasteiger partial charge in [-0.3, -0.25) is 4.98 Å². The van der Waals surface area contributed by atoms with E-state index < -0.39 is 0 Å². The molecule has 41 heavy (non-hydrogen) atoms. The zero-order valence-electron chi connectivity index (χ0n) is 23.9. The minimum atomic E-state index is 1.02. The molecule has 0 radical (unpaired) electrons. The zero-order valence-corrected chi connectivity index (χ0v) is 23.9. The number of fused-ring (bicyclic) bond motifs is 1. The van der Waals surface area contributed by atoms with E-state index in [4.69, 9.17) is 0 Å². The largest absolute Gasteiger partial charge is 0.256 e. The molecule has 1 heterocycles. The van der Waals surface area contributed by atoms with Crippen LogP contribution in [0.3, 0.4) is 0 Å². The first-order valence-corrected chi connectivity index (χ1v) is 14.1. The van der Waals surface area contributed by atoms with E-state index in [1.807, 2.05) is 18.3 Å². The predicted molar refractivity (Wildman–Crippen MR) is 175 cm³/mol. The highest BCUT2D eigenvalue weighted by molar-refractivity contribution is 6.03. The van der Waals surface area contributed by atoms with Crippen LogP contribution in [-0.4, -0.2) is 4.98 Å². The second kappa shape index (κ2) is 11.2. The van der Waals surface area contributed by atoms with Crippen molar-refractivity contribution in [2.45, 2.75) is 20.8 Å². The van der Waals surface area contributed by atoms with E-state index in [1.54, 1.807) is 0 Å². The molecule has 0 unspecified atom stereocenters. The van der Waals surface area contributed by atoms with Gasteiger partial charge in [-0.15, -0.1) is 0 Å². The van der Waals surface area contributed by atoms with Crippen molar-refractivity contribution < 1.29 is 0 Å². The molecule has 0 spiro atoms. The number of aromatic nitrogens is 1. The van der Waals surface area contributed by atoms with Crippen LogP contribution in [0.25, 0.3) is 44.3 Å². The van der Waals surface area contributed by atoms with Crippen molar-refractivity contribution in [3.05, 3.63) is 173 Å². The normalized spacial score (nSPS) is 12.7. The van der Waals surface area contributed by atoms with Crippen LogP contribution in [-0.2, 0) is 0 Å². The molecular weight excluding hydrogens is 494 g/mol. The van der Waals surface area contributed by atoms with Gasteiger partial charge >= 0.3 is 0 Å². The van der Waals surface area contributed by atoms with Gasteiger partial charge in [0.2, 0.25) is 0 Å². The summed E-state index contributed by atoms with van der Waals surface area (Å²) in [6, 6.07) is 43.5. The molecule has 1 nitrogen and oxygen atoms in total. The molecule has 0 saturated heterocycles. The van der Waals surface area contributed by atoms with Crippen molar-refractivity contribution in [3.8, 4) is 22.4 Å². The maximum absolute atomic E-state index is 4.66. The van der Waals surface area contributed by atoms with Gasteiger partial charge in [0.15, 0.2) is 0 Å². The summed E-state index contributed by atoms with van der Waals surface area (Å²) in [5.74, 6) is 0. The van der Waals surface area contributed by atoms with Crippen LogP contribution in [0.15, 0.2) is 140 Å². The molecular formula is C40H33N. The monoisotopic (exact) mass is 527 g/mol. The summed E-state index contributed by atoms with van der Waals surface area (Å²) >= 11 is 0. The number of aryl methyl sites for hydroxylation is 2. The highest BCUT2D eigenvalue weighted by Crippen LogP contribution is 2.33. The molecule has 198 valence electrons. The Kier molecular flexibility index (Phi) is 7.18. The number of rotatable bonds is 5. The van der Waals surface area contributed by atoms with Gasteiger partial charge in [-0.25, -0.2) is 0 Å². The average molecular weight is 528 g/mol. The summed E-state index contributed by atoms with van der Waals surface area (Å²) in [4.78, 5) is 4.66. The lowest BCUT2D eigenvalue weighted by Gasteiger charge is -2.14. The fourth-order valence-electron chi connectivity index (χ4n) is 5.77. The first-order valence-electron chi connectivity index (χ1n) is 14.1. The van der Waals surface area contributed by atoms with Crippen molar-refractivity contribution >= 4 is 21.9 Å². The van der Waals surface area contributed by atoms with E-state index in [1.165, 1.54) is 60.2 Å². The average Bonchev–Trinajstić information content (AvgIpc) is 3.02. The van der Waals surface area contributed by atoms with E-state index in [0.29, 0.717) is 0 Å². The maximum atomic E-state index is 4.66. The molecule has 0 aliphatic rings. The lowest BCUT2D eigenvalue weighted by atomic mass is 9.90. The summed E-state index contributed by atoms with van der Waals surface area (Å²) < 4.78 is 0. The molecule has 0 N–H and O–H groups in total. The summed E-state index contributed by atoms with van der Waals surface area (Å²) in [6.07, 6.45) is 3.87. The summed E-state index contributed by atoms with van der Waals surface area (Å²) in [7, 11) is 0. The van der Waals surface area contributed by atoms with Crippen LogP contribution < -0.4 is 10.4 Å². The van der Waals surface area contributed by atoms with Crippen molar-refractivity contribution in [2.75, 3.05) is 0 Å². The molecule has 0 atom stereocenters. The lowest BCUT2D eigenvalue weighted by Crippen LogP contribution is -2.28. The Morgan fingerprint density at radius 1 is 0.659 bits per heavy atom. The Bertz CT molecular complexity index is 2030. The molecule has 0 aliphatic carbocycles. The van der Waals surface area contributed by atoms with Crippen molar-refractivity contribution in [2.24, 2.45) is 0 Å². The molecule has 0 fully saturated rings. The molecule has 0 aliphatic heterocycles. The standard InChI is InChI=1S/C40H33N/c1-5-33(39-24-23-35(30-21-19-27(2)20-22-30)37-17-8-9-18-38(37)39)36-16-7-6-15-34(36)29(4)31-13-10-14-32(26-31)40-28(3)12-11-25-41-40/h5-26H,1H2,2-4H3/b34-29+,36-33+. The molecule has 1 aromatic heterocycles. The fraction of sp³-hybridized carbons (Fsp3) is 0.0750. The van der Waals surface area contributed by atoms with Gasteiger partial charge < -0.3 is 0 Å². The SMILES string of the molecule is C=C/C(c1ccc(-c2ccc(C)cc2)c2ccccc12)=c1/cccc/c1=C(/C)c1cccc(-c2ncccc2C)c1. The van der Waals surface area contributed by atoms with Crippen LogP contribution in [0.5, 0.6) is 0 Å². The Hall–Kier alpha value is -5.01. The van der Waals surface area contributed by atoms with Crippen LogP contribution >= 0.6 is 0 Å². The van der Waals surface area contributed by atoms with Gasteiger partial charge in [-0.2, -0.15) is 0 Å². The number of pyridine rings is 1. The van der Waals surface area contributed by atoms with Crippen LogP contribution in [0.1, 0.15) is 29.2 Å². The topological polar surface area (TPSA) is 12.9 Å². The van der Waals surface area contributed by atoms with Gasteiger partial charge in [0.1, 0.15) is 0 Å². The number of hydrogen-bond acceptors (Lipinski definition) is 1. The second-order valence-corrected chi connectivity index (χ2v) is 10.6. The number of nitrogens with zero attached hydrogens (tertiary/aromatic N) is 1. The van der Waals surface area contributed by atoms with Gasteiger partial charge in [-0.1, -0.05) is 127 Å². The first kappa shape index (κ1) is 26.2. The third kappa shape index (κ3) is 5.03. The smallest absolute Gasteiger partial charge is 0.0731 e. The first-order chi connectivity index (χ1) is 20.0. The number of hydrogen-bond donors (Lipinski definition) is 0. The minimum absolute atomic E-state index is 1.02. The quantitative estimate of drug-likeness (QED) is 0.218. The third-order valence-corrected chi connectivity index (χ3v) is 7.98. The summed E-state index contributed by atoms with van der Waals surface area (Å²) in [6.45, 7) is 10.7. The van der Waals surface area contributed by atoms with Gasteiger partial charge in [0.25, 0.3) is 0 Å². The Labute approximate surface area is 242 Å². The second-order valence-electron chi connectivity index (χ2n) is 10.6. The van der Waals surface area contributed by atoms with Gasteiger partial charge in [0.05, 0.1) is 5.69 Å². The zero-order chi connectivity index (χ0) is 28.3. The molecule has 0 amide bonds. The van der Waals surface area contributed by atoms with Gasteiger partial charge in [0, 0.05) is 11.8 Å². The fourth-order valence-corrected chi connectivity index (χ4v) is 5.77. The highest BCUT2D eigenvalue weighted by Gasteiger charge is 2.12. The van der Waals surface area contributed by atoms with E-state index in [0.717, 1.165) is 16.8 Å². The summed E-state index contributed by atoms with van der Waals surface area (Å²) in [5, 5.41) is 4.84. The molecule has 6 rings (SSSR count). The third-order valence-electron chi connectivity index (χ3n) is 7.98. The van der Waals surface area contributed by atoms with E-state index in [-0.39, 0.29) is 0 Å². The Morgan fingerprint density at radius 2 is 1.39 bits per heavy atom. The van der Waals surface area contributed by atoms with Crippen molar-refractivity contribution in [1.29, 1.82) is 0 Å². The predicted octanol–water partition coefficient (Wildman–Crippen LogP) is 8.79. The molecule has 0 saturated carbocycles. The van der Waals surface area contributed by atoms with E-state index in [2.05, 4.69) is 148 Å². The Balaban J connectivity index is 1.59. The van der Waals surface area contributed by atoms with Crippen LogP contribution in [0.2, 0.25) is 0 Å². The molecule has 5 aromatic carbocycles. The van der Waals surface area contributed by atoms with E-state index >= 15 is 0 Å². The lowest BCUT2D eigenvalue weighted by molar-refractivity contribution is 1.27. The van der Waals surface area contributed by atoms with Crippen molar-refractivity contribution in [1.82, 2.24) is 4.98 Å².